The maximum Gasteiger partial charge on any atom is 0.111 e. The SMILES string of the molecule is C=C/C=C\C(=C)SC1CC(F)CC(COSI)O1. The normalized spacial score (nSPS) is 28.4. The van der Waals surface area contributed by atoms with Gasteiger partial charge < -0.3 is 8.92 Å². The Morgan fingerprint density at radius 2 is 2.33 bits per heavy atom. The highest BCUT2D eigenvalue weighted by Gasteiger charge is 2.30. The van der Waals surface area contributed by atoms with E-state index >= 15 is 0 Å². The lowest BCUT2D eigenvalue weighted by Crippen LogP contribution is -2.34. The lowest BCUT2D eigenvalue weighted by Gasteiger charge is -2.31. The molecule has 0 bridgehead atoms. The van der Waals surface area contributed by atoms with Gasteiger partial charge >= 0.3 is 0 Å². The molecule has 0 amide bonds. The fraction of sp³-hybridized carbons (Fsp3) is 0.500. The summed E-state index contributed by atoms with van der Waals surface area (Å²) in [5.74, 6) is 0. The van der Waals surface area contributed by atoms with Crippen LogP contribution in [0.15, 0.2) is 36.3 Å². The standard InChI is InChI=1S/C12H16FIO2S2/c1-3-4-5-9(2)17-12-7-10(13)6-11(16-12)8-15-18-14/h3-5,10-12H,1-2,6-8H2/b5-4-. The van der Waals surface area contributed by atoms with Crippen LogP contribution in [0.1, 0.15) is 12.8 Å². The zero-order valence-electron chi connectivity index (χ0n) is 9.89. The van der Waals surface area contributed by atoms with E-state index in [9.17, 15) is 4.39 Å². The zero-order chi connectivity index (χ0) is 13.4. The van der Waals surface area contributed by atoms with Gasteiger partial charge in [-0.1, -0.05) is 37.1 Å². The molecule has 0 aromatic heterocycles. The average Bonchev–Trinajstić information content (AvgIpc) is 2.33. The van der Waals surface area contributed by atoms with E-state index in [1.807, 2.05) is 27.3 Å². The minimum atomic E-state index is -0.833. The predicted octanol–water partition coefficient (Wildman–Crippen LogP) is 4.83. The molecule has 1 rings (SSSR count). The highest BCUT2D eigenvalue weighted by atomic mass is 127. The third-order valence-electron chi connectivity index (χ3n) is 2.31. The second-order valence-electron chi connectivity index (χ2n) is 3.78. The Morgan fingerprint density at radius 1 is 1.56 bits per heavy atom. The molecule has 0 aromatic carbocycles. The first kappa shape index (κ1) is 16.6. The molecule has 3 unspecified atom stereocenters. The van der Waals surface area contributed by atoms with Crippen LogP contribution in [0.3, 0.4) is 0 Å². The molecule has 1 heterocycles. The van der Waals surface area contributed by atoms with E-state index < -0.39 is 6.17 Å². The molecule has 0 saturated carbocycles. The van der Waals surface area contributed by atoms with E-state index in [2.05, 4.69) is 13.2 Å². The summed E-state index contributed by atoms with van der Waals surface area (Å²) in [5.41, 5.74) is -0.191. The first-order valence-corrected chi connectivity index (χ1v) is 9.66. The number of hydrogen-bond donors (Lipinski definition) is 0. The van der Waals surface area contributed by atoms with Gasteiger partial charge in [-0.15, -0.1) is 0 Å². The maximum absolute atomic E-state index is 13.6. The summed E-state index contributed by atoms with van der Waals surface area (Å²) in [6.07, 6.45) is 5.13. The molecule has 1 saturated heterocycles. The Bertz CT molecular complexity index is 312. The number of thioether (sulfide) groups is 1. The maximum atomic E-state index is 13.6. The molecule has 2 nitrogen and oxygen atoms in total. The van der Waals surface area contributed by atoms with E-state index in [0.29, 0.717) is 19.4 Å². The third-order valence-corrected chi connectivity index (χ3v) is 4.30. The summed E-state index contributed by atoms with van der Waals surface area (Å²) in [7, 11) is 1.24. The molecule has 0 spiro atoms. The fourth-order valence-corrected chi connectivity index (χ4v) is 3.24. The van der Waals surface area contributed by atoms with Crippen molar-refractivity contribution in [3.05, 3.63) is 36.3 Å². The van der Waals surface area contributed by atoms with Gasteiger partial charge in [-0.3, -0.25) is 0 Å². The number of ether oxygens (including phenoxy) is 1. The summed E-state index contributed by atoms with van der Waals surface area (Å²) >= 11 is 3.48. The second-order valence-corrected chi connectivity index (χ2v) is 6.51. The molecule has 3 atom stereocenters. The quantitative estimate of drug-likeness (QED) is 0.345. The van der Waals surface area contributed by atoms with Gasteiger partial charge in [0, 0.05) is 39.0 Å². The summed E-state index contributed by atoms with van der Waals surface area (Å²) in [6.45, 7) is 7.89. The predicted molar refractivity (Wildman–Crippen MR) is 86.4 cm³/mol. The smallest absolute Gasteiger partial charge is 0.111 e. The van der Waals surface area contributed by atoms with Gasteiger partial charge in [0.15, 0.2) is 0 Å². The average molecular weight is 402 g/mol. The van der Waals surface area contributed by atoms with Crippen molar-refractivity contribution in [3.8, 4) is 0 Å². The van der Waals surface area contributed by atoms with Crippen LogP contribution in [0.25, 0.3) is 0 Å². The van der Waals surface area contributed by atoms with Crippen molar-refractivity contribution >= 4 is 42.2 Å². The molecule has 0 aliphatic carbocycles. The molecule has 1 fully saturated rings. The molecular weight excluding hydrogens is 386 g/mol. The van der Waals surface area contributed by atoms with Crippen molar-refractivity contribution in [2.24, 2.45) is 0 Å². The van der Waals surface area contributed by atoms with Crippen molar-refractivity contribution in [1.29, 1.82) is 0 Å². The van der Waals surface area contributed by atoms with E-state index in [0.717, 1.165) is 4.91 Å². The fourth-order valence-electron chi connectivity index (χ4n) is 1.58. The number of rotatable bonds is 7. The van der Waals surface area contributed by atoms with Gasteiger partial charge in [0.1, 0.15) is 11.6 Å². The molecule has 1 aliphatic heterocycles. The Labute approximate surface area is 128 Å². The van der Waals surface area contributed by atoms with Crippen molar-refractivity contribution in [2.45, 2.75) is 30.6 Å². The second kappa shape index (κ2) is 9.41. The van der Waals surface area contributed by atoms with Gasteiger partial charge in [0.25, 0.3) is 0 Å². The number of halogens is 2. The minimum absolute atomic E-state index is 0.176. The van der Waals surface area contributed by atoms with Crippen molar-refractivity contribution in [2.75, 3.05) is 6.61 Å². The van der Waals surface area contributed by atoms with Crippen molar-refractivity contribution < 1.29 is 13.3 Å². The van der Waals surface area contributed by atoms with Gasteiger partial charge in [-0.25, -0.2) is 4.39 Å². The first-order chi connectivity index (χ1) is 8.65. The largest absolute Gasteiger partial charge is 0.361 e. The van der Waals surface area contributed by atoms with E-state index in [4.69, 9.17) is 8.92 Å². The van der Waals surface area contributed by atoms with Crippen LogP contribution >= 0.6 is 42.2 Å². The summed E-state index contributed by atoms with van der Waals surface area (Å²) in [5, 5.41) is 0. The summed E-state index contributed by atoms with van der Waals surface area (Å²) in [4.78, 5) is 0.844. The number of hydrogen-bond acceptors (Lipinski definition) is 4. The molecule has 0 radical (unpaired) electrons. The monoisotopic (exact) mass is 402 g/mol. The van der Waals surface area contributed by atoms with Crippen molar-refractivity contribution in [3.63, 3.8) is 0 Å². The van der Waals surface area contributed by atoms with Crippen LogP contribution in [0.2, 0.25) is 0 Å². The molecule has 1 aliphatic rings. The highest BCUT2D eigenvalue weighted by Crippen LogP contribution is 2.33. The Hall–Kier alpha value is 0.500. The lowest BCUT2D eigenvalue weighted by atomic mass is 10.1. The van der Waals surface area contributed by atoms with Gasteiger partial charge in [0.2, 0.25) is 0 Å². The van der Waals surface area contributed by atoms with E-state index in [-0.39, 0.29) is 11.5 Å². The molecule has 18 heavy (non-hydrogen) atoms. The summed E-state index contributed by atoms with van der Waals surface area (Å²) in [6, 6.07) is 0. The van der Waals surface area contributed by atoms with Crippen LogP contribution in [0.4, 0.5) is 4.39 Å². The van der Waals surface area contributed by atoms with Gasteiger partial charge in [0.05, 0.1) is 21.9 Å². The van der Waals surface area contributed by atoms with Crippen LogP contribution in [0, 0.1) is 0 Å². The molecular formula is C12H16FIO2S2. The van der Waals surface area contributed by atoms with E-state index in [1.54, 1.807) is 12.2 Å². The first-order valence-electron chi connectivity index (χ1n) is 5.50. The van der Waals surface area contributed by atoms with Gasteiger partial charge in [-0.05, 0) is 6.08 Å². The lowest BCUT2D eigenvalue weighted by molar-refractivity contribution is -0.0515. The minimum Gasteiger partial charge on any atom is -0.361 e. The van der Waals surface area contributed by atoms with Crippen LogP contribution < -0.4 is 0 Å². The molecule has 0 N–H and O–H groups in total. The number of alkyl halides is 1. The van der Waals surface area contributed by atoms with Crippen LogP contribution in [-0.4, -0.2) is 24.3 Å². The number of allylic oxidation sites excluding steroid dienone is 3. The highest BCUT2D eigenvalue weighted by molar-refractivity contribution is 14.2. The topological polar surface area (TPSA) is 18.5 Å². The Kier molecular flexibility index (Phi) is 8.66. The Balaban J connectivity index is 2.42. The van der Waals surface area contributed by atoms with Crippen LogP contribution in [-0.2, 0) is 8.92 Å². The van der Waals surface area contributed by atoms with Gasteiger partial charge in [-0.2, -0.15) is 0 Å². The molecule has 6 heteroatoms. The molecule has 102 valence electrons. The Morgan fingerprint density at radius 3 is 3.00 bits per heavy atom. The third kappa shape index (κ3) is 6.60. The van der Waals surface area contributed by atoms with E-state index in [1.165, 1.54) is 21.0 Å². The summed E-state index contributed by atoms with van der Waals surface area (Å²) < 4.78 is 24.6. The van der Waals surface area contributed by atoms with Crippen LogP contribution in [0.5, 0.6) is 0 Å². The molecule has 0 aromatic rings. The van der Waals surface area contributed by atoms with Crippen molar-refractivity contribution in [1.82, 2.24) is 0 Å². The zero-order valence-corrected chi connectivity index (χ0v) is 13.7.